The van der Waals surface area contributed by atoms with Crippen molar-refractivity contribution in [3.8, 4) is 0 Å². The number of allylic oxidation sites excluding steroid dienone is 1. The number of amides is 5. The van der Waals surface area contributed by atoms with Crippen LogP contribution in [0.15, 0.2) is 30.2 Å². The molecule has 1 aromatic rings. The van der Waals surface area contributed by atoms with E-state index in [1.165, 1.54) is 23.5 Å². The molecule has 0 bridgehead atoms. The Hall–Kier alpha value is -4.16. The number of likely N-dealkylation sites (tertiary alicyclic amines) is 1. The molecule has 0 radical (unpaired) electrons. The first-order chi connectivity index (χ1) is 24.7. The van der Waals surface area contributed by atoms with Crippen molar-refractivity contribution in [2.24, 2.45) is 23.2 Å². The molecule has 1 unspecified atom stereocenters. The molecule has 52 heavy (non-hydrogen) atoms. The monoisotopic (exact) mass is 719 g/mol. The van der Waals surface area contributed by atoms with Gasteiger partial charge < -0.3 is 26.2 Å². The van der Waals surface area contributed by atoms with E-state index in [0.29, 0.717) is 12.8 Å². The lowest BCUT2D eigenvalue weighted by molar-refractivity contribution is -0.146. The summed E-state index contributed by atoms with van der Waals surface area (Å²) in [6.07, 6.45) is 16.1. The van der Waals surface area contributed by atoms with Gasteiger partial charge in [-0.2, -0.15) is 0 Å². The van der Waals surface area contributed by atoms with Crippen molar-refractivity contribution in [3.05, 3.63) is 35.9 Å². The van der Waals surface area contributed by atoms with Crippen LogP contribution >= 0.6 is 0 Å². The fourth-order valence-corrected chi connectivity index (χ4v) is 7.74. The fraction of sp³-hybridized carbons (Fsp3) is 0.692. The Balaban J connectivity index is 1.38. The maximum absolute atomic E-state index is 14.7. The summed E-state index contributed by atoms with van der Waals surface area (Å²) >= 11 is 0. The minimum Gasteiger partial charge on any atom is -0.347 e. The summed E-state index contributed by atoms with van der Waals surface area (Å²) in [6.45, 7) is 9.70. The molecule has 5 atom stereocenters. The van der Waals surface area contributed by atoms with E-state index in [1.807, 2.05) is 40.7 Å². The standard InChI is InChI=1S/C39H57N7O6/c1-23(2)20-26-16-19-46(31(26)36(50)43-28(21-24-10-9-11-24)32(47)37(51)42-27-14-15-27)38(52)33(39(3,4)5)45-35(49)30(25-12-7-6-8-13-25)44-34(48)29-22-40-17-18-41-29/h17-18,20,22,24-28,30-31,33H,6-16,19,21H2,1-5H3,(H,42,51)(H,43,50)(H,44,48)(H,45,49)/t26-,28?,30+,31+,33-/m1/s1. The van der Waals surface area contributed by atoms with E-state index in [1.54, 1.807) is 0 Å². The van der Waals surface area contributed by atoms with Gasteiger partial charge in [0.25, 0.3) is 11.8 Å². The molecule has 284 valence electrons. The minimum atomic E-state index is -1.03. The molecule has 1 saturated heterocycles. The second kappa shape index (κ2) is 17.1. The molecule has 13 heteroatoms. The summed E-state index contributed by atoms with van der Waals surface area (Å²) in [7, 11) is 0. The Morgan fingerprint density at radius 1 is 0.885 bits per heavy atom. The smallest absolute Gasteiger partial charge is 0.289 e. The van der Waals surface area contributed by atoms with E-state index in [9.17, 15) is 28.8 Å². The van der Waals surface area contributed by atoms with Gasteiger partial charge in [0.15, 0.2) is 0 Å². The number of hydrogen-bond donors (Lipinski definition) is 4. The fourth-order valence-electron chi connectivity index (χ4n) is 7.74. The second-order valence-corrected chi connectivity index (χ2v) is 16.6. The van der Waals surface area contributed by atoms with E-state index in [0.717, 1.165) is 69.8 Å². The normalized spacial score (nSPS) is 22.6. The summed E-state index contributed by atoms with van der Waals surface area (Å²) in [6, 6.07) is -3.86. The van der Waals surface area contributed by atoms with Crippen LogP contribution in [0.1, 0.15) is 122 Å². The van der Waals surface area contributed by atoms with Gasteiger partial charge in [0.05, 0.1) is 12.2 Å². The zero-order chi connectivity index (χ0) is 37.6. The van der Waals surface area contributed by atoms with Gasteiger partial charge in [-0.05, 0) is 69.6 Å². The number of nitrogens with zero attached hydrogens (tertiary/aromatic N) is 3. The first-order valence-electron chi connectivity index (χ1n) is 19.2. The molecule has 5 rings (SSSR count). The third kappa shape index (κ3) is 10.0. The number of hydrogen-bond acceptors (Lipinski definition) is 8. The number of aromatic nitrogens is 2. The molecule has 3 saturated carbocycles. The molecule has 3 aliphatic carbocycles. The van der Waals surface area contributed by atoms with Gasteiger partial charge in [-0.3, -0.25) is 33.8 Å². The van der Waals surface area contributed by atoms with Crippen LogP contribution in [-0.2, 0) is 24.0 Å². The van der Waals surface area contributed by atoms with E-state index < -0.39 is 64.9 Å². The van der Waals surface area contributed by atoms with Gasteiger partial charge in [-0.15, -0.1) is 0 Å². The van der Waals surface area contributed by atoms with Crippen molar-refractivity contribution in [2.45, 2.75) is 142 Å². The highest BCUT2D eigenvalue weighted by molar-refractivity contribution is 6.38. The van der Waals surface area contributed by atoms with Crippen LogP contribution in [0.25, 0.3) is 0 Å². The van der Waals surface area contributed by atoms with Crippen molar-refractivity contribution in [1.82, 2.24) is 36.1 Å². The molecular formula is C39H57N7O6. The molecule has 13 nitrogen and oxygen atoms in total. The van der Waals surface area contributed by atoms with Crippen LogP contribution in [0.3, 0.4) is 0 Å². The maximum atomic E-state index is 14.7. The van der Waals surface area contributed by atoms with Crippen LogP contribution < -0.4 is 21.3 Å². The summed E-state index contributed by atoms with van der Waals surface area (Å²) in [4.78, 5) is 92.3. The van der Waals surface area contributed by atoms with Crippen molar-refractivity contribution < 1.29 is 28.8 Å². The number of nitrogens with one attached hydrogen (secondary N) is 4. The minimum absolute atomic E-state index is 0.00378. The van der Waals surface area contributed by atoms with E-state index in [-0.39, 0.29) is 36.0 Å². The first kappa shape index (κ1) is 39.1. The molecule has 0 aromatic carbocycles. The van der Waals surface area contributed by atoms with Gasteiger partial charge in [-0.25, -0.2) is 4.98 Å². The molecule has 4 fully saturated rings. The topological polar surface area (TPSA) is 180 Å². The highest BCUT2D eigenvalue weighted by atomic mass is 16.2. The highest BCUT2D eigenvalue weighted by Gasteiger charge is 2.47. The lowest BCUT2D eigenvalue weighted by Crippen LogP contribution is -2.62. The summed E-state index contributed by atoms with van der Waals surface area (Å²) in [5.41, 5.74) is 0.311. The van der Waals surface area contributed by atoms with Gasteiger partial charge in [-0.1, -0.05) is 70.9 Å². The summed E-state index contributed by atoms with van der Waals surface area (Å²) in [5, 5.41) is 11.6. The number of rotatable bonds is 14. The average molecular weight is 720 g/mol. The number of ketones is 1. The molecule has 0 spiro atoms. The van der Waals surface area contributed by atoms with Gasteiger partial charge in [0.1, 0.15) is 23.8 Å². The molecule has 2 heterocycles. The number of Topliss-reactive ketones (excluding diaryl/α,β-unsaturated/α-hetero) is 1. The van der Waals surface area contributed by atoms with Crippen molar-refractivity contribution in [2.75, 3.05) is 6.54 Å². The van der Waals surface area contributed by atoms with Crippen LogP contribution in [0.5, 0.6) is 0 Å². The highest BCUT2D eigenvalue weighted by Crippen LogP contribution is 2.34. The van der Waals surface area contributed by atoms with E-state index >= 15 is 0 Å². The lowest BCUT2D eigenvalue weighted by atomic mass is 9.80. The zero-order valence-corrected chi connectivity index (χ0v) is 31.4. The third-order valence-electron chi connectivity index (χ3n) is 11.0. The summed E-state index contributed by atoms with van der Waals surface area (Å²) < 4.78 is 0. The average Bonchev–Trinajstić information content (AvgIpc) is 3.81. The Morgan fingerprint density at radius 2 is 1.60 bits per heavy atom. The SMILES string of the molecule is CC(C)=C[C@H]1CCN(C(=O)[C@@H](NC(=O)[C@@H](NC(=O)c2cnccn2)C2CCCCC2)C(C)(C)C)[C@@H]1C(=O)NC(CC1CCC1)C(=O)C(=O)NC1CC1. The second-order valence-electron chi connectivity index (χ2n) is 16.6. The molecule has 1 aromatic heterocycles. The molecular weight excluding hydrogens is 662 g/mol. The van der Waals surface area contributed by atoms with Gasteiger partial charge in [0, 0.05) is 30.9 Å². The van der Waals surface area contributed by atoms with E-state index in [4.69, 9.17) is 0 Å². The quantitative estimate of drug-likeness (QED) is 0.167. The molecule has 4 N–H and O–H groups in total. The van der Waals surface area contributed by atoms with Crippen LogP contribution in [0, 0.1) is 23.2 Å². The molecule has 5 amide bonds. The Bertz CT molecular complexity index is 1510. The predicted molar refractivity (Wildman–Crippen MR) is 194 cm³/mol. The van der Waals surface area contributed by atoms with Crippen LogP contribution in [-0.4, -0.2) is 86.9 Å². The van der Waals surface area contributed by atoms with Crippen molar-refractivity contribution >= 4 is 35.3 Å². The van der Waals surface area contributed by atoms with Crippen molar-refractivity contribution in [1.29, 1.82) is 0 Å². The number of carbonyl (C=O) groups is 6. The van der Waals surface area contributed by atoms with Gasteiger partial charge >= 0.3 is 0 Å². The zero-order valence-electron chi connectivity index (χ0n) is 31.4. The van der Waals surface area contributed by atoms with Crippen LogP contribution in [0.4, 0.5) is 0 Å². The molecule has 4 aliphatic rings. The molecule has 1 aliphatic heterocycles. The largest absolute Gasteiger partial charge is 0.347 e. The predicted octanol–water partition coefficient (Wildman–Crippen LogP) is 3.39. The lowest BCUT2D eigenvalue weighted by Gasteiger charge is -2.38. The van der Waals surface area contributed by atoms with Gasteiger partial charge in [0.2, 0.25) is 23.5 Å². The third-order valence-corrected chi connectivity index (χ3v) is 11.0. The van der Waals surface area contributed by atoms with Crippen molar-refractivity contribution in [3.63, 3.8) is 0 Å². The Labute approximate surface area is 307 Å². The Kier molecular flexibility index (Phi) is 12.9. The number of carbonyl (C=O) groups excluding carboxylic acids is 6. The Morgan fingerprint density at radius 3 is 2.17 bits per heavy atom. The summed E-state index contributed by atoms with van der Waals surface area (Å²) in [5.74, 6) is -3.43. The van der Waals surface area contributed by atoms with Crippen LogP contribution in [0.2, 0.25) is 0 Å². The maximum Gasteiger partial charge on any atom is 0.289 e. The van der Waals surface area contributed by atoms with E-state index in [2.05, 4.69) is 31.2 Å². The first-order valence-corrected chi connectivity index (χ1v) is 19.2.